The minimum Gasteiger partial charge on any atom is -0.321 e. The van der Waals surface area contributed by atoms with Crippen LogP contribution in [-0.2, 0) is 0 Å². The lowest BCUT2D eigenvalue weighted by Gasteiger charge is -2.25. The molecular weight excluding hydrogens is 448 g/mol. The molecule has 6 aromatic rings. The third-order valence-electron chi connectivity index (χ3n) is 7.06. The summed E-state index contributed by atoms with van der Waals surface area (Å²) in [4.78, 5) is 16.3. The van der Waals surface area contributed by atoms with E-state index in [9.17, 15) is 0 Å². The number of benzene rings is 3. The minimum atomic E-state index is 0.423. The van der Waals surface area contributed by atoms with Gasteiger partial charge in [-0.25, -0.2) is 9.97 Å². The van der Waals surface area contributed by atoms with Crippen molar-refractivity contribution < 1.29 is 0 Å². The van der Waals surface area contributed by atoms with E-state index in [0.717, 1.165) is 63.2 Å². The van der Waals surface area contributed by atoms with Gasteiger partial charge >= 0.3 is 0 Å². The number of nitrogens with zero attached hydrogens (tertiary/aromatic N) is 8. The highest BCUT2D eigenvalue weighted by molar-refractivity contribution is 5.86. The van der Waals surface area contributed by atoms with Crippen LogP contribution in [-0.4, -0.2) is 39.7 Å². The predicted octanol–water partition coefficient (Wildman–Crippen LogP) is 5.79. The molecule has 0 spiro atoms. The van der Waals surface area contributed by atoms with Crippen LogP contribution in [0.3, 0.4) is 0 Å². The highest BCUT2D eigenvalue weighted by Gasteiger charge is 2.23. The first-order chi connectivity index (χ1) is 17.8. The van der Waals surface area contributed by atoms with Gasteiger partial charge < -0.3 is 4.57 Å². The van der Waals surface area contributed by atoms with Crippen LogP contribution >= 0.6 is 0 Å². The molecule has 0 unspecified atom stereocenters. The molecule has 0 amide bonds. The van der Waals surface area contributed by atoms with Gasteiger partial charge in [-0.15, -0.1) is 15.0 Å². The Hall–Kier alpha value is -4.46. The van der Waals surface area contributed by atoms with Gasteiger partial charge in [0, 0.05) is 17.2 Å². The summed E-state index contributed by atoms with van der Waals surface area (Å²) in [5.74, 6) is 0.967. The van der Waals surface area contributed by atoms with E-state index in [4.69, 9.17) is 9.97 Å². The van der Waals surface area contributed by atoms with Gasteiger partial charge in [0.1, 0.15) is 5.82 Å². The number of imidazole rings is 1. The topological polar surface area (TPSA) is 87.2 Å². The van der Waals surface area contributed by atoms with Gasteiger partial charge in [0.05, 0.1) is 39.6 Å². The van der Waals surface area contributed by atoms with Crippen LogP contribution in [0.15, 0.2) is 79.3 Å². The number of hydrogen-bond donors (Lipinski definition) is 0. The van der Waals surface area contributed by atoms with Crippen molar-refractivity contribution in [2.45, 2.75) is 38.1 Å². The monoisotopic (exact) mass is 472 g/mol. The second-order valence-corrected chi connectivity index (χ2v) is 9.32. The van der Waals surface area contributed by atoms with Crippen molar-refractivity contribution in [3.63, 3.8) is 0 Å². The molecule has 1 saturated carbocycles. The summed E-state index contributed by atoms with van der Waals surface area (Å²) in [6.07, 6.45) is 9.40. The van der Waals surface area contributed by atoms with Gasteiger partial charge in [0.2, 0.25) is 0 Å². The molecule has 0 atom stereocenters. The van der Waals surface area contributed by atoms with Crippen molar-refractivity contribution in [3.8, 4) is 28.3 Å². The van der Waals surface area contributed by atoms with Gasteiger partial charge in [0.25, 0.3) is 0 Å². The maximum atomic E-state index is 5.14. The third kappa shape index (κ3) is 3.62. The Balaban J connectivity index is 1.39. The first kappa shape index (κ1) is 20.9. The molecule has 3 heterocycles. The zero-order valence-electron chi connectivity index (χ0n) is 19.7. The van der Waals surface area contributed by atoms with Gasteiger partial charge in [-0.05, 0) is 54.5 Å². The van der Waals surface area contributed by atoms with E-state index in [1.165, 1.54) is 30.4 Å². The number of tetrazole rings is 1. The summed E-state index contributed by atoms with van der Waals surface area (Å²) in [6, 6.07) is 23.1. The minimum absolute atomic E-state index is 0.423. The Bertz CT molecular complexity index is 1670. The molecule has 176 valence electrons. The standard InChI is InChI=1S/C28H24N8/c1-3-7-19(8-4-1)26-17-29-23-13-11-20(15-24(23)32-26)28-33-25-16-22(36-31-18-30-34-36)12-14-27(25)35(28)21-9-5-2-6-10-21/h1,3-4,7-8,11-18,21H,2,5-6,9-10H2. The third-order valence-corrected chi connectivity index (χ3v) is 7.06. The van der Waals surface area contributed by atoms with E-state index in [0.29, 0.717) is 6.04 Å². The van der Waals surface area contributed by atoms with E-state index in [1.807, 2.05) is 42.6 Å². The highest BCUT2D eigenvalue weighted by atomic mass is 15.6. The molecule has 0 bridgehead atoms. The Labute approximate surface area is 207 Å². The van der Waals surface area contributed by atoms with Gasteiger partial charge in [-0.3, -0.25) is 4.98 Å². The van der Waals surface area contributed by atoms with Crippen LogP contribution in [0.2, 0.25) is 0 Å². The second kappa shape index (κ2) is 8.64. The Morgan fingerprint density at radius 3 is 2.47 bits per heavy atom. The average molecular weight is 473 g/mol. The summed E-state index contributed by atoms with van der Waals surface area (Å²) < 4.78 is 2.43. The molecule has 1 fully saturated rings. The fourth-order valence-corrected chi connectivity index (χ4v) is 5.31. The van der Waals surface area contributed by atoms with Crippen molar-refractivity contribution in [1.82, 2.24) is 39.7 Å². The maximum Gasteiger partial charge on any atom is 0.162 e. The molecular formula is C28H24N8. The fraction of sp³-hybridized carbons (Fsp3) is 0.214. The number of fused-ring (bicyclic) bond motifs is 2. The van der Waals surface area contributed by atoms with Crippen LogP contribution < -0.4 is 0 Å². The SMILES string of the molecule is c1ccc(-c2cnc3ccc(-c4nc5cc(-n6ncnn6)ccc5n4C4CCCCC4)cc3n2)cc1. The molecule has 3 aromatic heterocycles. The Kier molecular flexibility index (Phi) is 5.01. The Morgan fingerprint density at radius 2 is 1.64 bits per heavy atom. The zero-order valence-corrected chi connectivity index (χ0v) is 19.7. The number of aromatic nitrogens is 8. The molecule has 0 N–H and O–H groups in total. The first-order valence-corrected chi connectivity index (χ1v) is 12.4. The summed E-state index contributed by atoms with van der Waals surface area (Å²) in [5.41, 5.74) is 7.61. The second-order valence-electron chi connectivity index (χ2n) is 9.32. The smallest absolute Gasteiger partial charge is 0.162 e. The van der Waals surface area contributed by atoms with E-state index in [1.54, 1.807) is 0 Å². The number of rotatable bonds is 4. The van der Waals surface area contributed by atoms with Gasteiger partial charge in [0.15, 0.2) is 6.33 Å². The van der Waals surface area contributed by atoms with E-state index in [2.05, 4.69) is 55.3 Å². The largest absolute Gasteiger partial charge is 0.321 e. The average Bonchev–Trinajstić information content (AvgIpc) is 3.62. The Morgan fingerprint density at radius 1 is 0.750 bits per heavy atom. The lowest BCUT2D eigenvalue weighted by molar-refractivity contribution is 0.362. The highest BCUT2D eigenvalue weighted by Crippen LogP contribution is 2.37. The molecule has 0 saturated heterocycles. The molecule has 7 rings (SSSR count). The van der Waals surface area contributed by atoms with E-state index in [-0.39, 0.29) is 0 Å². The van der Waals surface area contributed by atoms with Crippen LogP contribution in [0.5, 0.6) is 0 Å². The van der Waals surface area contributed by atoms with Gasteiger partial charge in [-0.2, -0.15) is 0 Å². The van der Waals surface area contributed by atoms with Gasteiger partial charge in [-0.1, -0.05) is 49.6 Å². The van der Waals surface area contributed by atoms with Crippen molar-refractivity contribution in [2.75, 3.05) is 0 Å². The fourth-order valence-electron chi connectivity index (χ4n) is 5.31. The van der Waals surface area contributed by atoms with Crippen molar-refractivity contribution in [2.24, 2.45) is 0 Å². The van der Waals surface area contributed by atoms with Crippen LogP contribution in [0, 0.1) is 0 Å². The summed E-state index contributed by atoms with van der Waals surface area (Å²) in [7, 11) is 0. The summed E-state index contributed by atoms with van der Waals surface area (Å²) >= 11 is 0. The van der Waals surface area contributed by atoms with Crippen molar-refractivity contribution in [1.29, 1.82) is 0 Å². The molecule has 0 radical (unpaired) electrons. The normalized spacial score (nSPS) is 14.6. The van der Waals surface area contributed by atoms with E-state index < -0.39 is 0 Å². The first-order valence-electron chi connectivity index (χ1n) is 12.4. The molecule has 1 aliphatic rings. The number of hydrogen-bond acceptors (Lipinski definition) is 6. The lowest BCUT2D eigenvalue weighted by Crippen LogP contribution is -2.14. The van der Waals surface area contributed by atoms with Crippen LogP contribution in [0.25, 0.3) is 50.4 Å². The molecule has 1 aliphatic carbocycles. The van der Waals surface area contributed by atoms with Crippen LogP contribution in [0.4, 0.5) is 0 Å². The predicted molar refractivity (Wildman–Crippen MR) is 139 cm³/mol. The molecule has 0 aliphatic heterocycles. The molecule has 36 heavy (non-hydrogen) atoms. The van der Waals surface area contributed by atoms with E-state index >= 15 is 0 Å². The molecule has 3 aromatic carbocycles. The zero-order chi connectivity index (χ0) is 23.9. The maximum absolute atomic E-state index is 5.14. The quantitative estimate of drug-likeness (QED) is 0.322. The molecule has 8 nitrogen and oxygen atoms in total. The van der Waals surface area contributed by atoms with Crippen molar-refractivity contribution in [3.05, 3.63) is 79.3 Å². The lowest BCUT2D eigenvalue weighted by atomic mass is 9.95. The summed E-state index contributed by atoms with van der Waals surface area (Å²) in [6.45, 7) is 0. The van der Waals surface area contributed by atoms with Crippen molar-refractivity contribution >= 4 is 22.1 Å². The summed E-state index contributed by atoms with van der Waals surface area (Å²) in [5, 5.41) is 12.1. The molecule has 8 heteroatoms. The van der Waals surface area contributed by atoms with Crippen LogP contribution in [0.1, 0.15) is 38.1 Å².